The summed E-state index contributed by atoms with van der Waals surface area (Å²) >= 11 is 0. The number of nitrogens with zero attached hydrogens (tertiary/aromatic N) is 1. The van der Waals surface area contributed by atoms with Crippen LogP contribution in [0.5, 0.6) is 0 Å². The standard InChI is InChI=1S/C11H19F3N2O2/c1-8-4-9(6-15-5-8)10(18)16(2-3-17)7-11(12,13)14/h8-9,15,17H,2-7H2,1H3. The zero-order valence-electron chi connectivity index (χ0n) is 10.3. The van der Waals surface area contributed by atoms with Gasteiger partial charge in [-0.2, -0.15) is 13.2 Å². The molecule has 7 heteroatoms. The van der Waals surface area contributed by atoms with Crippen molar-refractivity contribution in [1.29, 1.82) is 0 Å². The highest BCUT2D eigenvalue weighted by atomic mass is 19.4. The lowest BCUT2D eigenvalue weighted by atomic mass is 9.91. The van der Waals surface area contributed by atoms with Crippen LogP contribution in [0.4, 0.5) is 13.2 Å². The zero-order chi connectivity index (χ0) is 13.8. The SMILES string of the molecule is CC1CNCC(C(=O)N(CCO)CC(F)(F)F)C1. The molecular formula is C11H19F3N2O2. The van der Waals surface area contributed by atoms with Gasteiger partial charge in [0.15, 0.2) is 0 Å². The smallest absolute Gasteiger partial charge is 0.395 e. The maximum absolute atomic E-state index is 12.3. The van der Waals surface area contributed by atoms with E-state index in [1.165, 1.54) is 0 Å². The van der Waals surface area contributed by atoms with E-state index < -0.39 is 31.2 Å². The molecule has 0 saturated carbocycles. The Labute approximate surface area is 104 Å². The summed E-state index contributed by atoms with van der Waals surface area (Å²) in [6.45, 7) is 1.11. The molecule has 1 saturated heterocycles. The second kappa shape index (κ2) is 6.38. The van der Waals surface area contributed by atoms with Gasteiger partial charge in [0.25, 0.3) is 0 Å². The lowest BCUT2D eigenvalue weighted by Gasteiger charge is -2.32. The Morgan fingerprint density at radius 3 is 2.61 bits per heavy atom. The molecule has 0 aromatic heterocycles. The number of rotatable bonds is 4. The number of aliphatic hydroxyl groups excluding tert-OH is 1. The lowest BCUT2D eigenvalue weighted by Crippen LogP contribution is -2.48. The van der Waals surface area contributed by atoms with Gasteiger partial charge in [0.1, 0.15) is 6.54 Å². The van der Waals surface area contributed by atoms with E-state index in [4.69, 9.17) is 5.11 Å². The number of amides is 1. The Bertz CT molecular complexity index is 284. The molecule has 2 unspecified atom stereocenters. The first kappa shape index (κ1) is 15.2. The highest BCUT2D eigenvalue weighted by Crippen LogP contribution is 2.21. The third-order valence-corrected chi connectivity index (χ3v) is 2.97. The lowest BCUT2D eigenvalue weighted by molar-refractivity contribution is -0.165. The van der Waals surface area contributed by atoms with E-state index >= 15 is 0 Å². The van der Waals surface area contributed by atoms with E-state index in [9.17, 15) is 18.0 Å². The molecule has 0 spiro atoms. The van der Waals surface area contributed by atoms with Crippen molar-refractivity contribution < 1.29 is 23.1 Å². The molecule has 0 aromatic rings. The van der Waals surface area contributed by atoms with E-state index in [2.05, 4.69) is 5.32 Å². The predicted octanol–water partition coefficient (Wildman–Crippen LogP) is 0.615. The van der Waals surface area contributed by atoms with Crippen LogP contribution in [0, 0.1) is 11.8 Å². The highest BCUT2D eigenvalue weighted by molar-refractivity contribution is 5.79. The number of hydrogen-bond donors (Lipinski definition) is 2. The van der Waals surface area contributed by atoms with Crippen molar-refractivity contribution in [2.24, 2.45) is 11.8 Å². The molecule has 1 heterocycles. The molecule has 1 aliphatic rings. The monoisotopic (exact) mass is 268 g/mol. The highest BCUT2D eigenvalue weighted by Gasteiger charge is 2.36. The van der Waals surface area contributed by atoms with Crippen molar-refractivity contribution >= 4 is 5.91 Å². The number of hydrogen-bond acceptors (Lipinski definition) is 3. The van der Waals surface area contributed by atoms with Crippen molar-refractivity contribution in [3.63, 3.8) is 0 Å². The molecule has 106 valence electrons. The van der Waals surface area contributed by atoms with Gasteiger partial charge in [0.05, 0.1) is 12.5 Å². The molecule has 4 nitrogen and oxygen atoms in total. The molecule has 1 fully saturated rings. The van der Waals surface area contributed by atoms with Gasteiger partial charge in [-0.25, -0.2) is 0 Å². The summed E-state index contributed by atoms with van der Waals surface area (Å²) in [7, 11) is 0. The first-order valence-electron chi connectivity index (χ1n) is 6.00. The third kappa shape index (κ3) is 4.81. The average Bonchev–Trinajstić information content (AvgIpc) is 2.26. The number of halogens is 3. The Morgan fingerprint density at radius 2 is 2.11 bits per heavy atom. The molecule has 0 bridgehead atoms. The molecule has 1 rings (SSSR count). The second-order valence-corrected chi connectivity index (χ2v) is 4.79. The fourth-order valence-electron chi connectivity index (χ4n) is 2.21. The first-order valence-corrected chi connectivity index (χ1v) is 6.00. The van der Waals surface area contributed by atoms with Gasteiger partial charge in [-0.05, 0) is 18.9 Å². The molecule has 0 aliphatic carbocycles. The van der Waals surface area contributed by atoms with Crippen LogP contribution in [0.15, 0.2) is 0 Å². The van der Waals surface area contributed by atoms with Crippen LogP contribution in [0.25, 0.3) is 0 Å². The van der Waals surface area contributed by atoms with Crippen LogP contribution < -0.4 is 5.32 Å². The molecular weight excluding hydrogens is 249 g/mol. The van der Waals surface area contributed by atoms with E-state index in [0.29, 0.717) is 17.9 Å². The largest absolute Gasteiger partial charge is 0.406 e. The van der Waals surface area contributed by atoms with Gasteiger partial charge in [-0.15, -0.1) is 0 Å². The summed E-state index contributed by atoms with van der Waals surface area (Å²) in [4.78, 5) is 12.7. The van der Waals surface area contributed by atoms with Crippen LogP contribution in [-0.4, -0.2) is 54.9 Å². The first-order chi connectivity index (χ1) is 8.33. The van der Waals surface area contributed by atoms with Gasteiger partial charge in [0.2, 0.25) is 5.91 Å². The molecule has 0 radical (unpaired) electrons. The van der Waals surface area contributed by atoms with Gasteiger partial charge >= 0.3 is 6.18 Å². The summed E-state index contributed by atoms with van der Waals surface area (Å²) in [6.07, 6.45) is -3.84. The molecule has 18 heavy (non-hydrogen) atoms. The normalized spacial score (nSPS) is 24.9. The minimum atomic E-state index is -4.43. The van der Waals surface area contributed by atoms with Crippen LogP contribution in [0.1, 0.15) is 13.3 Å². The van der Waals surface area contributed by atoms with E-state index in [1.54, 1.807) is 0 Å². The Hall–Kier alpha value is -0.820. The van der Waals surface area contributed by atoms with Crippen molar-refractivity contribution in [2.75, 3.05) is 32.8 Å². The number of piperidine rings is 1. The number of alkyl halides is 3. The number of carbonyl (C=O) groups is 1. The van der Waals surface area contributed by atoms with Crippen LogP contribution in [0.3, 0.4) is 0 Å². The Morgan fingerprint density at radius 1 is 1.44 bits per heavy atom. The van der Waals surface area contributed by atoms with E-state index in [-0.39, 0.29) is 12.5 Å². The Balaban J connectivity index is 2.63. The van der Waals surface area contributed by atoms with Crippen molar-refractivity contribution in [2.45, 2.75) is 19.5 Å². The second-order valence-electron chi connectivity index (χ2n) is 4.79. The minimum absolute atomic E-state index is 0.273. The molecule has 2 N–H and O–H groups in total. The molecule has 1 amide bonds. The predicted molar refractivity (Wildman–Crippen MR) is 59.9 cm³/mol. The summed E-state index contributed by atoms with van der Waals surface area (Å²) in [5.74, 6) is -0.683. The molecule has 0 aromatic carbocycles. The number of carbonyl (C=O) groups excluding carboxylic acids is 1. The van der Waals surface area contributed by atoms with Gasteiger partial charge in [-0.1, -0.05) is 6.92 Å². The summed E-state index contributed by atoms with van der Waals surface area (Å²) in [5, 5.41) is 11.8. The summed E-state index contributed by atoms with van der Waals surface area (Å²) in [5.41, 5.74) is 0. The van der Waals surface area contributed by atoms with E-state index in [1.807, 2.05) is 6.92 Å². The van der Waals surface area contributed by atoms with Crippen LogP contribution in [-0.2, 0) is 4.79 Å². The average molecular weight is 268 g/mol. The van der Waals surface area contributed by atoms with E-state index in [0.717, 1.165) is 6.54 Å². The molecule has 2 atom stereocenters. The number of nitrogens with one attached hydrogen (secondary N) is 1. The summed E-state index contributed by atoms with van der Waals surface area (Å²) in [6, 6.07) is 0. The van der Waals surface area contributed by atoms with Gasteiger partial charge < -0.3 is 15.3 Å². The van der Waals surface area contributed by atoms with Gasteiger partial charge in [0, 0.05) is 13.1 Å². The fourth-order valence-corrected chi connectivity index (χ4v) is 2.21. The molecule has 1 aliphatic heterocycles. The summed E-state index contributed by atoms with van der Waals surface area (Å²) < 4.78 is 37.0. The third-order valence-electron chi connectivity index (χ3n) is 2.97. The Kier molecular flexibility index (Phi) is 5.40. The fraction of sp³-hybridized carbons (Fsp3) is 0.909. The topological polar surface area (TPSA) is 52.6 Å². The maximum Gasteiger partial charge on any atom is 0.406 e. The quantitative estimate of drug-likeness (QED) is 0.785. The zero-order valence-corrected chi connectivity index (χ0v) is 10.3. The maximum atomic E-state index is 12.3. The minimum Gasteiger partial charge on any atom is -0.395 e. The van der Waals surface area contributed by atoms with Crippen LogP contribution in [0.2, 0.25) is 0 Å². The van der Waals surface area contributed by atoms with Crippen molar-refractivity contribution in [1.82, 2.24) is 10.2 Å². The van der Waals surface area contributed by atoms with Crippen molar-refractivity contribution in [3.8, 4) is 0 Å². The van der Waals surface area contributed by atoms with Crippen molar-refractivity contribution in [3.05, 3.63) is 0 Å². The number of aliphatic hydroxyl groups is 1. The van der Waals surface area contributed by atoms with Gasteiger partial charge in [-0.3, -0.25) is 4.79 Å². The van der Waals surface area contributed by atoms with Crippen LogP contribution >= 0.6 is 0 Å².